The lowest BCUT2D eigenvalue weighted by Crippen LogP contribution is -2.32. The second kappa shape index (κ2) is 8.71. The fourth-order valence-corrected chi connectivity index (χ4v) is 3.74. The van der Waals surface area contributed by atoms with Gasteiger partial charge in [-0.05, 0) is 30.5 Å². The maximum atomic E-state index is 13.2. The zero-order chi connectivity index (χ0) is 21.1. The lowest BCUT2D eigenvalue weighted by molar-refractivity contribution is 0.0936. The summed E-state index contributed by atoms with van der Waals surface area (Å²) in [7, 11) is 3.48. The number of halogens is 1. The monoisotopic (exact) mass is 426 g/mol. The molecule has 0 saturated carbocycles. The summed E-state index contributed by atoms with van der Waals surface area (Å²) in [5.41, 5.74) is 0.984. The van der Waals surface area contributed by atoms with E-state index in [1.165, 1.54) is 6.20 Å². The first-order valence-electron chi connectivity index (χ1n) is 9.76. The van der Waals surface area contributed by atoms with E-state index in [9.17, 15) is 4.79 Å². The number of aromatic nitrogens is 4. The Kier molecular flexibility index (Phi) is 5.85. The first-order valence-corrected chi connectivity index (χ1v) is 10.1. The van der Waals surface area contributed by atoms with E-state index in [1.807, 2.05) is 42.1 Å². The van der Waals surface area contributed by atoms with Gasteiger partial charge in [0.25, 0.3) is 5.91 Å². The number of nitrogens with zero attached hydrogens (tertiary/aromatic N) is 5. The molecule has 0 spiro atoms. The minimum absolute atomic E-state index is 0.149. The summed E-state index contributed by atoms with van der Waals surface area (Å²) >= 11 is 6.29. The summed E-state index contributed by atoms with van der Waals surface area (Å²) in [6.45, 7) is 1.75. The highest BCUT2D eigenvalue weighted by Gasteiger charge is 2.25. The van der Waals surface area contributed by atoms with Crippen LogP contribution in [0.15, 0.2) is 42.9 Å². The van der Waals surface area contributed by atoms with Gasteiger partial charge in [0, 0.05) is 32.5 Å². The molecule has 1 aliphatic heterocycles. The number of hydrogen-bond donors (Lipinski definition) is 1. The van der Waals surface area contributed by atoms with Crippen molar-refractivity contribution in [2.24, 2.45) is 7.05 Å². The summed E-state index contributed by atoms with van der Waals surface area (Å²) < 4.78 is 7.21. The van der Waals surface area contributed by atoms with E-state index in [-0.39, 0.29) is 10.7 Å². The Morgan fingerprint density at radius 3 is 2.77 bits per heavy atom. The summed E-state index contributed by atoms with van der Waals surface area (Å²) in [5, 5.41) is 3.24. The van der Waals surface area contributed by atoms with Gasteiger partial charge in [0.15, 0.2) is 5.69 Å². The number of amides is 1. The summed E-state index contributed by atoms with van der Waals surface area (Å²) in [4.78, 5) is 28.5. The Morgan fingerprint density at radius 1 is 1.27 bits per heavy atom. The van der Waals surface area contributed by atoms with E-state index in [2.05, 4.69) is 25.2 Å². The average Bonchev–Trinajstić information content (AvgIpc) is 3.44. The van der Waals surface area contributed by atoms with Crippen LogP contribution in [0.4, 0.5) is 5.95 Å². The molecule has 1 atom stereocenters. The molecule has 1 aliphatic rings. The van der Waals surface area contributed by atoms with Crippen LogP contribution in [0, 0.1) is 0 Å². The molecule has 156 valence electrons. The number of benzene rings is 1. The van der Waals surface area contributed by atoms with Crippen molar-refractivity contribution in [3.05, 3.63) is 65.0 Å². The second-order valence-corrected chi connectivity index (χ2v) is 7.55. The number of anilines is 1. The summed E-state index contributed by atoms with van der Waals surface area (Å²) in [6, 6.07) is 7.01. The number of hydrogen-bond acceptors (Lipinski definition) is 6. The van der Waals surface area contributed by atoms with E-state index in [1.54, 1.807) is 13.3 Å². The number of aryl methyl sites for hydroxylation is 1. The van der Waals surface area contributed by atoms with Crippen LogP contribution in [0.1, 0.15) is 40.8 Å². The van der Waals surface area contributed by atoms with Crippen molar-refractivity contribution in [2.75, 3.05) is 25.1 Å². The van der Waals surface area contributed by atoms with Gasteiger partial charge in [0.1, 0.15) is 17.6 Å². The van der Waals surface area contributed by atoms with Gasteiger partial charge in [-0.15, -0.1) is 0 Å². The third-order valence-corrected chi connectivity index (χ3v) is 5.43. The number of nitrogens with one attached hydrogen (secondary N) is 1. The average molecular weight is 427 g/mol. The van der Waals surface area contributed by atoms with E-state index in [0.717, 1.165) is 31.5 Å². The van der Waals surface area contributed by atoms with Crippen molar-refractivity contribution in [2.45, 2.75) is 18.9 Å². The third kappa shape index (κ3) is 4.09. The Bertz CT molecular complexity index is 1050. The van der Waals surface area contributed by atoms with Crippen LogP contribution in [0.2, 0.25) is 5.02 Å². The highest BCUT2D eigenvalue weighted by Crippen LogP contribution is 2.26. The smallest absolute Gasteiger partial charge is 0.272 e. The molecule has 1 unspecified atom stereocenters. The van der Waals surface area contributed by atoms with E-state index in [0.29, 0.717) is 17.5 Å². The second-order valence-electron chi connectivity index (χ2n) is 7.14. The lowest BCUT2D eigenvalue weighted by atomic mass is 10.1. The fraction of sp³-hybridized carbons (Fsp3) is 0.333. The molecule has 2 aromatic heterocycles. The van der Waals surface area contributed by atoms with Gasteiger partial charge in [-0.3, -0.25) is 4.79 Å². The molecule has 0 radical (unpaired) electrons. The van der Waals surface area contributed by atoms with Crippen LogP contribution in [0.25, 0.3) is 0 Å². The van der Waals surface area contributed by atoms with Crippen molar-refractivity contribution in [1.82, 2.24) is 24.8 Å². The van der Waals surface area contributed by atoms with Gasteiger partial charge in [-0.25, -0.2) is 15.0 Å². The largest absolute Gasteiger partial charge is 0.497 e. The molecule has 1 N–H and O–H groups in total. The van der Waals surface area contributed by atoms with E-state index >= 15 is 0 Å². The fourth-order valence-electron chi connectivity index (χ4n) is 3.56. The van der Waals surface area contributed by atoms with Crippen LogP contribution >= 0.6 is 11.6 Å². The molecular formula is C21H23ClN6O2. The van der Waals surface area contributed by atoms with Gasteiger partial charge in [0.2, 0.25) is 5.95 Å². The van der Waals surface area contributed by atoms with Crippen molar-refractivity contribution in [3.8, 4) is 5.75 Å². The molecule has 3 aromatic rings. The summed E-state index contributed by atoms with van der Waals surface area (Å²) in [5.74, 6) is 1.51. The van der Waals surface area contributed by atoms with Crippen molar-refractivity contribution in [3.63, 3.8) is 0 Å². The molecule has 1 aromatic carbocycles. The normalized spacial score (nSPS) is 14.6. The summed E-state index contributed by atoms with van der Waals surface area (Å²) in [6.07, 6.45) is 7.18. The topological polar surface area (TPSA) is 85.2 Å². The lowest BCUT2D eigenvalue weighted by Gasteiger charge is -2.20. The standard InChI is InChI=1S/C21H23ClN6O2/c1-27-11-8-23-19(27)17(14-6-5-7-15(12-14)30-2)25-20(29)18-16(22)13-24-21(26-18)28-9-3-4-10-28/h5-8,11-13,17H,3-4,9-10H2,1-2H3,(H,25,29). The SMILES string of the molecule is COc1cccc(C(NC(=O)c2nc(N3CCCC3)ncc2Cl)c2nccn2C)c1. The molecule has 0 bridgehead atoms. The van der Waals surface area contributed by atoms with Gasteiger partial charge in [-0.2, -0.15) is 0 Å². The highest BCUT2D eigenvalue weighted by atomic mass is 35.5. The Balaban J connectivity index is 1.67. The van der Waals surface area contributed by atoms with E-state index in [4.69, 9.17) is 16.3 Å². The molecule has 1 fully saturated rings. The molecule has 9 heteroatoms. The van der Waals surface area contributed by atoms with Crippen molar-refractivity contribution in [1.29, 1.82) is 0 Å². The molecule has 3 heterocycles. The Hall–Kier alpha value is -3.13. The van der Waals surface area contributed by atoms with Gasteiger partial charge in [0.05, 0.1) is 18.3 Å². The number of imidazole rings is 1. The Morgan fingerprint density at radius 2 is 2.07 bits per heavy atom. The predicted molar refractivity (Wildman–Crippen MR) is 114 cm³/mol. The maximum absolute atomic E-state index is 13.2. The number of carbonyl (C=O) groups excluding carboxylic acids is 1. The van der Waals surface area contributed by atoms with Crippen LogP contribution < -0.4 is 15.0 Å². The molecular weight excluding hydrogens is 404 g/mol. The molecule has 8 nitrogen and oxygen atoms in total. The van der Waals surface area contributed by atoms with Crippen LogP contribution in [0.3, 0.4) is 0 Å². The molecule has 30 heavy (non-hydrogen) atoms. The predicted octanol–water partition coefficient (Wildman–Crippen LogP) is 2.99. The minimum Gasteiger partial charge on any atom is -0.497 e. The quantitative estimate of drug-likeness (QED) is 0.652. The Labute approximate surface area is 179 Å². The first kappa shape index (κ1) is 20.2. The van der Waals surface area contributed by atoms with Crippen molar-refractivity contribution < 1.29 is 9.53 Å². The third-order valence-electron chi connectivity index (χ3n) is 5.15. The van der Waals surface area contributed by atoms with Gasteiger partial charge in [-0.1, -0.05) is 23.7 Å². The van der Waals surface area contributed by atoms with E-state index < -0.39 is 11.9 Å². The first-order chi connectivity index (χ1) is 14.6. The molecule has 1 saturated heterocycles. The number of methoxy groups -OCH3 is 1. The number of ether oxygens (including phenoxy) is 1. The molecule has 1 amide bonds. The van der Waals surface area contributed by atoms with Crippen LogP contribution in [-0.2, 0) is 7.05 Å². The van der Waals surface area contributed by atoms with Crippen molar-refractivity contribution >= 4 is 23.5 Å². The zero-order valence-electron chi connectivity index (χ0n) is 16.9. The number of rotatable bonds is 6. The molecule has 4 rings (SSSR count). The maximum Gasteiger partial charge on any atom is 0.272 e. The highest BCUT2D eigenvalue weighted by molar-refractivity contribution is 6.33. The van der Waals surface area contributed by atoms with Gasteiger partial charge < -0.3 is 19.5 Å². The zero-order valence-corrected chi connectivity index (χ0v) is 17.6. The number of carbonyl (C=O) groups is 1. The molecule has 0 aliphatic carbocycles. The minimum atomic E-state index is -0.506. The van der Waals surface area contributed by atoms with Crippen LogP contribution in [0.5, 0.6) is 5.75 Å². The van der Waals surface area contributed by atoms with Gasteiger partial charge >= 0.3 is 0 Å². The van der Waals surface area contributed by atoms with Crippen LogP contribution in [-0.4, -0.2) is 45.6 Å².